The maximum Gasteiger partial charge on any atom is 0.240 e. The smallest absolute Gasteiger partial charge is 0.240 e. The van der Waals surface area contributed by atoms with Gasteiger partial charge < -0.3 is 5.11 Å². The van der Waals surface area contributed by atoms with Gasteiger partial charge in [0, 0.05) is 6.04 Å². The van der Waals surface area contributed by atoms with Crippen molar-refractivity contribution in [2.24, 2.45) is 0 Å². The van der Waals surface area contributed by atoms with E-state index in [-0.39, 0.29) is 10.9 Å². The van der Waals surface area contributed by atoms with Gasteiger partial charge in [-0.3, -0.25) is 0 Å². The predicted molar refractivity (Wildman–Crippen MR) is 67.3 cm³/mol. The number of aliphatic hydroxyl groups excluding tert-OH is 1. The highest BCUT2D eigenvalue weighted by Crippen LogP contribution is 2.12. The fourth-order valence-electron chi connectivity index (χ4n) is 1.52. The molecule has 0 bridgehead atoms. The highest BCUT2D eigenvalue weighted by Gasteiger charge is 2.14. The lowest BCUT2D eigenvalue weighted by atomic mass is 10.1. The maximum absolute atomic E-state index is 11.8. The van der Waals surface area contributed by atoms with Crippen LogP contribution in [-0.2, 0) is 16.4 Å². The van der Waals surface area contributed by atoms with Crippen LogP contribution in [0.15, 0.2) is 29.2 Å². The van der Waals surface area contributed by atoms with Crippen molar-refractivity contribution in [1.29, 1.82) is 0 Å². The lowest BCUT2D eigenvalue weighted by Gasteiger charge is -2.10. The van der Waals surface area contributed by atoms with Crippen molar-refractivity contribution in [2.45, 2.75) is 44.2 Å². The average molecular weight is 257 g/mol. The Labute approximate surface area is 103 Å². The van der Waals surface area contributed by atoms with Crippen LogP contribution in [0.3, 0.4) is 0 Å². The van der Waals surface area contributed by atoms with Gasteiger partial charge in [0.15, 0.2) is 0 Å². The van der Waals surface area contributed by atoms with E-state index >= 15 is 0 Å². The van der Waals surface area contributed by atoms with Crippen molar-refractivity contribution >= 4 is 10.0 Å². The number of rotatable bonds is 5. The van der Waals surface area contributed by atoms with Crippen molar-refractivity contribution in [3.8, 4) is 0 Å². The molecule has 1 aromatic carbocycles. The zero-order valence-corrected chi connectivity index (χ0v) is 11.2. The van der Waals surface area contributed by atoms with E-state index in [9.17, 15) is 13.5 Å². The molecule has 0 aliphatic rings. The highest BCUT2D eigenvalue weighted by atomic mass is 32.2. The largest absolute Gasteiger partial charge is 0.393 e. The Hall–Kier alpha value is -0.910. The van der Waals surface area contributed by atoms with Crippen LogP contribution in [-0.4, -0.2) is 25.7 Å². The van der Waals surface area contributed by atoms with Gasteiger partial charge in [-0.2, -0.15) is 0 Å². The van der Waals surface area contributed by atoms with E-state index in [4.69, 9.17) is 0 Å². The van der Waals surface area contributed by atoms with Crippen molar-refractivity contribution in [3.05, 3.63) is 29.8 Å². The molecule has 17 heavy (non-hydrogen) atoms. The summed E-state index contributed by atoms with van der Waals surface area (Å²) in [5.41, 5.74) is 0.920. The molecule has 1 rings (SSSR count). The molecule has 0 fully saturated rings. The first kappa shape index (κ1) is 14.2. The van der Waals surface area contributed by atoms with Gasteiger partial charge in [0.2, 0.25) is 10.0 Å². The summed E-state index contributed by atoms with van der Waals surface area (Å²) < 4.78 is 26.1. The van der Waals surface area contributed by atoms with E-state index in [1.807, 2.05) is 0 Å². The molecule has 0 radical (unpaired) electrons. The summed E-state index contributed by atoms with van der Waals surface area (Å²) in [6.45, 7) is 5.25. The van der Waals surface area contributed by atoms with Gasteiger partial charge in [0.05, 0.1) is 11.0 Å². The van der Waals surface area contributed by atoms with Gasteiger partial charge in [-0.05, 0) is 44.9 Å². The minimum Gasteiger partial charge on any atom is -0.393 e. The van der Waals surface area contributed by atoms with Gasteiger partial charge in [-0.25, -0.2) is 13.1 Å². The minimum absolute atomic E-state index is 0.128. The van der Waals surface area contributed by atoms with Gasteiger partial charge in [0.1, 0.15) is 0 Å². The summed E-state index contributed by atoms with van der Waals surface area (Å²) in [7, 11) is -3.42. The van der Waals surface area contributed by atoms with E-state index in [1.54, 1.807) is 45.0 Å². The van der Waals surface area contributed by atoms with Crippen molar-refractivity contribution in [3.63, 3.8) is 0 Å². The molecule has 0 saturated heterocycles. The van der Waals surface area contributed by atoms with Crippen LogP contribution in [0.4, 0.5) is 0 Å². The van der Waals surface area contributed by atoms with Crippen LogP contribution in [0.5, 0.6) is 0 Å². The van der Waals surface area contributed by atoms with Crippen LogP contribution < -0.4 is 4.72 Å². The monoisotopic (exact) mass is 257 g/mol. The summed E-state index contributed by atoms with van der Waals surface area (Å²) in [6.07, 6.45) is 0.101. The van der Waals surface area contributed by atoms with Crippen molar-refractivity contribution < 1.29 is 13.5 Å². The number of hydrogen-bond acceptors (Lipinski definition) is 3. The van der Waals surface area contributed by atoms with E-state index < -0.39 is 16.1 Å². The molecule has 0 heterocycles. The molecule has 0 amide bonds. The molecule has 1 aromatic rings. The highest BCUT2D eigenvalue weighted by molar-refractivity contribution is 7.89. The molecule has 4 nitrogen and oxygen atoms in total. The van der Waals surface area contributed by atoms with E-state index in [0.717, 1.165) is 5.56 Å². The van der Waals surface area contributed by atoms with Gasteiger partial charge in [0.25, 0.3) is 0 Å². The molecule has 1 atom stereocenters. The summed E-state index contributed by atoms with van der Waals surface area (Å²) in [5, 5.41) is 9.22. The fourth-order valence-corrected chi connectivity index (χ4v) is 2.78. The molecule has 0 saturated carbocycles. The van der Waals surface area contributed by atoms with E-state index in [1.165, 1.54) is 0 Å². The lowest BCUT2D eigenvalue weighted by Crippen LogP contribution is -2.30. The topological polar surface area (TPSA) is 66.4 Å². The molecule has 0 aliphatic carbocycles. The zero-order chi connectivity index (χ0) is 13.1. The van der Waals surface area contributed by atoms with Gasteiger partial charge >= 0.3 is 0 Å². The molecule has 1 unspecified atom stereocenters. The number of aliphatic hydroxyl groups is 1. The summed E-state index contributed by atoms with van der Waals surface area (Å²) in [6, 6.07) is 6.44. The Morgan fingerprint density at radius 2 is 1.71 bits per heavy atom. The van der Waals surface area contributed by atoms with E-state index in [2.05, 4.69) is 4.72 Å². The Morgan fingerprint density at radius 3 is 2.12 bits per heavy atom. The van der Waals surface area contributed by atoms with Crippen LogP contribution in [0.25, 0.3) is 0 Å². The number of hydrogen-bond donors (Lipinski definition) is 2. The molecule has 0 aliphatic heterocycles. The van der Waals surface area contributed by atoms with Crippen LogP contribution in [0.1, 0.15) is 26.3 Å². The van der Waals surface area contributed by atoms with Crippen LogP contribution in [0, 0.1) is 0 Å². The SMILES string of the molecule is CC(O)Cc1ccc(S(=O)(=O)NC(C)C)cc1. The Bertz CT molecular complexity index is 449. The molecule has 0 aromatic heterocycles. The Kier molecular flexibility index (Phi) is 4.68. The van der Waals surface area contributed by atoms with Gasteiger partial charge in [-0.1, -0.05) is 12.1 Å². The number of nitrogens with one attached hydrogen (secondary N) is 1. The first-order chi connectivity index (χ1) is 7.81. The fraction of sp³-hybridized carbons (Fsp3) is 0.500. The van der Waals surface area contributed by atoms with Gasteiger partial charge in [-0.15, -0.1) is 0 Å². The summed E-state index contributed by atoms with van der Waals surface area (Å²) >= 11 is 0. The molecule has 96 valence electrons. The standard InChI is InChI=1S/C12H19NO3S/c1-9(2)13-17(15,16)12-6-4-11(5-7-12)8-10(3)14/h4-7,9-10,13-14H,8H2,1-3H3. The summed E-state index contributed by atoms with van der Waals surface area (Å²) in [5.74, 6) is 0. The maximum atomic E-state index is 11.8. The Morgan fingerprint density at radius 1 is 1.18 bits per heavy atom. The average Bonchev–Trinajstić information content (AvgIpc) is 2.15. The molecular formula is C12H19NO3S. The molecular weight excluding hydrogens is 238 g/mol. The predicted octanol–water partition coefficient (Wildman–Crippen LogP) is 1.30. The normalized spacial score (nSPS) is 13.9. The second-order valence-corrected chi connectivity index (χ2v) is 6.19. The first-order valence-corrected chi connectivity index (χ1v) is 7.09. The first-order valence-electron chi connectivity index (χ1n) is 5.60. The minimum atomic E-state index is -3.42. The van der Waals surface area contributed by atoms with Crippen LogP contribution in [0.2, 0.25) is 0 Å². The van der Waals surface area contributed by atoms with Crippen LogP contribution >= 0.6 is 0 Å². The molecule has 2 N–H and O–H groups in total. The number of benzene rings is 1. The number of sulfonamides is 1. The second-order valence-electron chi connectivity index (χ2n) is 4.47. The quantitative estimate of drug-likeness (QED) is 0.835. The third kappa shape index (κ3) is 4.46. The zero-order valence-electron chi connectivity index (χ0n) is 10.3. The Balaban J connectivity index is 2.87. The van der Waals surface area contributed by atoms with Crippen molar-refractivity contribution in [1.82, 2.24) is 4.72 Å². The second kappa shape index (κ2) is 5.62. The molecule has 5 heteroatoms. The third-order valence-corrected chi connectivity index (χ3v) is 3.83. The van der Waals surface area contributed by atoms with E-state index in [0.29, 0.717) is 6.42 Å². The third-order valence-electron chi connectivity index (χ3n) is 2.16. The molecule has 0 spiro atoms. The van der Waals surface area contributed by atoms with Crippen molar-refractivity contribution in [2.75, 3.05) is 0 Å². The lowest BCUT2D eigenvalue weighted by molar-refractivity contribution is 0.195. The summed E-state index contributed by atoms with van der Waals surface area (Å²) in [4.78, 5) is 0.251.